The van der Waals surface area contributed by atoms with Gasteiger partial charge in [0.1, 0.15) is 0 Å². The maximum absolute atomic E-state index is 13.5. The number of benzene rings is 2. The minimum Gasteiger partial charge on any atom is -0.377 e. The molecule has 1 aliphatic heterocycles. The number of carbonyl (C=O) groups is 1. The zero-order chi connectivity index (χ0) is 25.2. The number of sulfonamides is 1. The molecule has 4 rings (SSSR count). The van der Waals surface area contributed by atoms with Crippen molar-refractivity contribution in [2.24, 2.45) is 0 Å². The highest BCUT2D eigenvalue weighted by atomic mass is 79.9. The van der Waals surface area contributed by atoms with E-state index in [4.69, 9.17) is 4.74 Å². The Kier molecular flexibility index (Phi) is 8.24. The lowest BCUT2D eigenvalue weighted by atomic mass is 10.2. The summed E-state index contributed by atoms with van der Waals surface area (Å²) in [4.78, 5) is 22.0. The molecule has 2 heterocycles. The van der Waals surface area contributed by atoms with Crippen molar-refractivity contribution in [2.45, 2.75) is 23.8 Å². The van der Waals surface area contributed by atoms with Crippen LogP contribution in [0.1, 0.15) is 23.2 Å². The summed E-state index contributed by atoms with van der Waals surface area (Å²) in [6, 6.07) is 12.0. The molecule has 35 heavy (non-hydrogen) atoms. The van der Waals surface area contributed by atoms with E-state index >= 15 is 0 Å². The van der Waals surface area contributed by atoms with Crippen molar-refractivity contribution in [3.05, 3.63) is 52.5 Å². The molecule has 11 heteroatoms. The van der Waals surface area contributed by atoms with Crippen LogP contribution in [0.4, 0.5) is 5.13 Å². The molecule has 1 aliphatic rings. The molecule has 8 nitrogen and oxygen atoms in total. The number of halogens is 1. The monoisotopic (exact) mass is 580 g/mol. The molecule has 2 aromatic carbocycles. The Morgan fingerprint density at radius 1 is 1.14 bits per heavy atom. The van der Waals surface area contributed by atoms with Crippen molar-refractivity contribution >= 4 is 58.5 Å². The van der Waals surface area contributed by atoms with Gasteiger partial charge in [-0.05, 0) is 69.4 Å². The molecule has 1 atom stereocenters. The van der Waals surface area contributed by atoms with Crippen molar-refractivity contribution in [1.29, 1.82) is 0 Å². The molecule has 1 fully saturated rings. The number of rotatable bonds is 9. The second kappa shape index (κ2) is 11.0. The van der Waals surface area contributed by atoms with Gasteiger partial charge in [0, 0.05) is 43.3 Å². The number of hydrogen-bond acceptors (Lipinski definition) is 7. The van der Waals surface area contributed by atoms with Crippen LogP contribution in [0.25, 0.3) is 10.2 Å². The Hall–Kier alpha value is -1.89. The fourth-order valence-electron chi connectivity index (χ4n) is 3.86. The first-order valence-electron chi connectivity index (χ1n) is 11.4. The van der Waals surface area contributed by atoms with Gasteiger partial charge in [0.15, 0.2) is 5.13 Å². The first-order valence-corrected chi connectivity index (χ1v) is 14.4. The van der Waals surface area contributed by atoms with Crippen LogP contribution in [0.3, 0.4) is 0 Å². The Morgan fingerprint density at radius 3 is 2.54 bits per heavy atom. The number of aromatic nitrogens is 1. The Morgan fingerprint density at radius 2 is 1.89 bits per heavy atom. The summed E-state index contributed by atoms with van der Waals surface area (Å²) in [7, 11) is 1.78. The number of amides is 1. The van der Waals surface area contributed by atoms with Gasteiger partial charge in [-0.2, -0.15) is 4.31 Å². The number of likely N-dealkylation sites (N-methyl/N-ethyl adjacent to an activating group) is 2. The van der Waals surface area contributed by atoms with Crippen LogP contribution >= 0.6 is 27.3 Å². The van der Waals surface area contributed by atoms with Gasteiger partial charge in [-0.15, -0.1) is 0 Å². The summed E-state index contributed by atoms with van der Waals surface area (Å²) in [6.07, 6.45) is 1.74. The highest BCUT2D eigenvalue weighted by molar-refractivity contribution is 9.10. The smallest absolute Gasteiger partial charge is 0.260 e. The van der Waals surface area contributed by atoms with E-state index in [9.17, 15) is 13.2 Å². The minimum atomic E-state index is -3.68. The first-order chi connectivity index (χ1) is 16.6. The summed E-state index contributed by atoms with van der Waals surface area (Å²) >= 11 is 4.93. The second-order valence-electron chi connectivity index (χ2n) is 8.81. The Bertz CT molecular complexity index is 1290. The quantitative estimate of drug-likeness (QED) is 0.379. The van der Waals surface area contributed by atoms with E-state index in [1.165, 1.54) is 27.8 Å². The van der Waals surface area contributed by atoms with E-state index in [1.807, 2.05) is 37.2 Å². The number of anilines is 1. The number of hydrogen-bond donors (Lipinski definition) is 0. The third-order valence-corrected chi connectivity index (χ3v) is 9.25. The van der Waals surface area contributed by atoms with Crippen LogP contribution in [0.2, 0.25) is 0 Å². The lowest BCUT2D eigenvalue weighted by Crippen LogP contribution is -2.37. The highest BCUT2D eigenvalue weighted by Gasteiger charge is 2.27. The number of ether oxygens (including phenoxy) is 1. The molecular weight excluding hydrogens is 552 g/mol. The van der Waals surface area contributed by atoms with Crippen LogP contribution < -0.4 is 4.90 Å². The Labute approximate surface area is 218 Å². The topological polar surface area (TPSA) is 83.1 Å². The number of carbonyl (C=O) groups excluding carboxylic acids is 1. The van der Waals surface area contributed by atoms with E-state index < -0.39 is 10.0 Å². The van der Waals surface area contributed by atoms with Crippen LogP contribution in [0.5, 0.6) is 0 Å². The standard InChI is InChI=1S/C24H29BrN4O4S2/c1-27(2)12-13-29(24-26-21-11-8-18(25)15-22(21)34-24)23(30)17-6-9-20(10-7-17)35(31,32)28(3)16-19-5-4-14-33-19/h6-11,15,19H,4-5,12-14,16H2,1-3H3/t19-/m0/s1. The maximum atomic E-state index is 13.5. The second-order valence-corrected chi connectivity index (χ2v) is 12.8. The molecule has 0 aliphatic carbocycles. The molecule has 3 aromatic rings. The fraction of sp³-hybridized carbons (Fsp3) is 0.417. The van der Waals surface area contributed by atoms with Crippen molar-refractivity contribution in [2.75, 3.05) is 52.3 Å². The molecule has 0 bridgehead atoms. The number of nitrogens with zero attached hydrogens (tertiary/aromatic N) is 4. The van der Waals surface area contributed by atoms with E-state index in [2.05, 4.69) is 20.9 Å². The first kappa shape index (κ1) is 26.2. The minimum absolute atomic E-state index is 0.0738. The Balaban J connectivity index is 1.56. The number of thiazole rings is 1. The molecule has 0 radical (unpaired) electrons. The molecule has 1 saturated heterocycles. The van der Waals surface area contributed by atoms with Crippen LogP contribution in [-0.4, -0.2) is 82.0 Å². The molecule has 0 unspecified atom stereocenters. The summed E-state index contributed by atoms with van der Waals surface area (Å²) in [5.74, 6) is -0.221. The average molecular weight is 582 g/mol. The normalized spacial score (nSPS) is 16.5. The third kappa shape index (κ3) is 6.10. The summed E-state index contributed by atoms with van der Waals surface area (Å²) in [5.41, 5.74) is 1.23. The molecule has 1 amide bonds. The fourth-order valence-corrected chi connectivity index (χ4v) is 6.61. The maximum Gasteiger partial charge on any atom is 0.260 e. The molecule has 188 valence electrons. The van der Waals surface area contributed by atoms with E-state index in [0.29, 0.717) is 36.9 Å². The van der Waals surface area contributed by atoms with Gasteiger partial charge >= 0.3 is 0 Å². The zero-order valence-corrected chi connectivity index (χ0v) is 23.2. The molecule has 0 spiro atoms. The zero-order valence-electron chi connectivity index (χ0n) is 20.0. The van der Waals surface area contributed by atoms with Crippen LogP contribution in [0, 0.1) is 0 Å². The molecule has 0 N–H and O–H groups in total. The van der Waals surface area contributed by atoms with Crippen molar-refractivity contribution < 1.29 is 17.9 Å². The molecule has 1 aromatic heterocycles. The lowest BCUT2D eigenvalue weighted by Gasteiger charge is -2.22. The van der Waals surface area contributed by atoms with Gasteiger partial charge in [-0.1, -0.05) is 27.3 Å². The van der Waals surface area contributed by atoms with Crippen LogP contribution in [-0.2, 0) is 14.8 Å². The predicted molar refractivity (Wildman–Crippen MR) is 143 cm³/mol. The number of fused-ring (bicyclic) bond motifs is 1. The van der Waals surface area contributed by atoms with Gasteiger partial charge in [0.2, 0.25) is 10.0 Å². The van der Waals surface area contributed by atoms with E-state index in [-0.39, 0.29) is 16.9 Å². The predicted octanol–water partition coefficient (Wildman–Crippen LogP) is 4.07. The van der Waals surface area contributed by atoms with Gasteiger partial charge in [0.25, 0.3) is 5.91 Å². The van der Waals surface area contributed by atoms with E-state index in [0.717, 1.165) is 27.5 Å². The molecule has 0 saturated carbocycles. The third-order valence-electron chi connectivity index (χ3n) is 5.88. The summed E-state index contributed by atoms with van der Waals surface area (Å²) in [6.45, 7) is 2.10. The SMILES string of the molecule is CN(C)CCN(C(=O)c1ccc(S(=O)(=O)N(C)C[C@@H]2CCCO2)cc1)c1nc2ccc(Br)cc2s1. The summed E-state index contributed by atoms with van der Waals surface area (Å²) < 4.78 is 34.9. The van der Waals surface area contributed by atoms with Crippen molar-refractivity contribution in [3.8, 4) is 0 Å². The van der Waals surface area contributed by atoms with Gasteiger partial charge in [-0.3, -0.25) is 9.69 Å². The lowest BCUT2D eigenvalue weighted by molar-refractivity contribution is 0.0978. The van der Waals surface area contributed by atoms with Crippen LogP contribution in [0.15, 0.2) is 51.8 Å². The van der Waals surface area contributed by atoms with Gasteiger partial charge in [0.05, 0.1) is 21.2 Å². The van der Waals surface area contributed by atoms with Gasteiger partial charge in [-0.25, -0.2) is 13.4 Å². The van der Waals surface area contributed by atoms with Crippen molar-refractivity contribution in [1.82, 2.24) is 14.2 Å². The highest BCUT2D eigenvalue weighted by Crippen LogP contribution is 2.32. The van der Waals surface area contributed by atoms with Gasteiger partial charge < -0.3 is 9.64 Å². The summed E-state index contributed by atoms with van der Waals surface area (Å²) in [5, 5.41) is 0.609. The van der Waals surface area contributed by atoms with Crippen molar-refractivity contribution in [3.63, 3.8) is 0 Å². The largest absolute Gasteiger partial charge is 0.377 e. The average Bonchev–Trinajstić information content (AvgIpc) is 3.48. The van der Waals surface area contributed by atoms with E-state index in [1.54, 1.807) is 24.1 Å². The molecular formula is C24H29BrN4O4S2.